The first kappa shape index (κ1) is 40.4. The van der Waals surface area contributed by atoms with Crippen molar-refractivity contribution in [2.75, 3.05) is 66.1 Å². The largest absolute Gasteiger partial charge is 0.485 e. The van der Waals surface area contributed by atoms with Crippen molar-refractivity contribution in [2.45, 2.75) is 13.8 Å². The Hall–Kier alpha value is -5.34. The first-order valence-electron chi connectivity index (χ1n) is 18.1. The number of fused-ring (bicyclic) bond motifs is 3. The molecule has 8 heterocycles. The minimum Gasteiger partial charge on any atom is -0.485 e. The lowest BCUT2D eigenvalue weighted by atomic mass is 10.2. The molecular formula is C40H34O14S5. The van der Waals surface area contributed by atoms with Crippen LogP contribution in [0.1, 0.15) is 33.2 Å². The van der Waals surface area contributed by atoms with Crippen LogP contribution in [0.2, 0.25) is 0 Å². The number of carbonyl (C=O) groups excluding carboxylic acids is 4. The molecule has 0 fully saturated rings. The van der Waals surface area contributed by atoms with Crippen LogP contribution in [0, 0.1) is 0 Å². The molecule has 8 rings (SSSR count). The van der Waals surface area contributed by atoms with Crippen molar-refractivity contribution in [3.63, 3.8) is 0 Å². The predicted molar refractivity (Wildman–Crippen MR) is 223 cm³/mol. The van der Waals surface area contributed by atoms with Crippen molar-refractivity contribution in [3.05, 3.63) is 58.3 Å². The van der Waals surface area contributed by atoms with Crippen LogP contribution in [0.25, 0.3) is 39.0 Å². The van der Waals surface area contributed by atoms with Crippen molar-refractivity contribution < 1.29 is 66.5 Å². The lowest BCUT2D eigenvalue weighted by Crippen LogP contribution is -2.16. The third-order valence-electron chi connectivity index (χ3n) is 8.47. The van der Waals surface area contributed by atoms with Crippen LogP contribution in [0.4, 0.5) is 0 Å². The van der Waals surface area contributed by atoms with Gasteiger partial charge in [0.05, 0.1) is 29.3 Å². The normalized spacial score (nSPS) is 13.7. The predicted octanol–water partition coefficient (Wildman–Crippen LogP) is 8.53. The summed E-state index contributed by atoms with van der Waals surface area (Å²) in [6, 6.07) is 7.03. The Labute approximate surface area is 357 Å². The smallest absolute Gasteiger partial charge is 0.348 e. The summed E-state index contributed by atoms with van der Waals surface area (Å²) in [6.45, 7) is 11.9. The number of ether oxygens (including phenoxy) is 10. The van der Waals surface area contributed by atoms with Crippen LogP contribution in [-0.4, -0.2) is 89.9 Å². The van der Waals surface area contributed by atoms with Crippen molar-refractivity contribution in [2.24, 2.45) is 0 Å². The average Bonchev–Trinajstić information content (AvgIpc) is 4.09. The van der Waals surface area contributed by atoms with Crippen LogP contribution in [0.5, 0.6) is 34.5 Å². The van der Waals surface area contributed by atoms with Crippen LogP contribution in [0.15, 0.2) is 48.6 Å². The molecular weight excluding hydrogens is 865 g/mol. The van der Waals surface area contributed by atoms with Gasteiger partial charge in [-0.15, -0.1) is 56.7 Å². The van der Waals surface area contributed by atoms with Crippen molar-refractivity contribution in [1.82, 2.24) is 0 Å². The fraction of sp³-hybridized carbons (Fsp3) is 0.300. The molecule has 5 aromatic rings. The molecule has 0 saturated heterocycles. The molecule has 0 saturated carbocycles. The molecule has 0 bridgehead atoms. The van der Waals surface area contributed by atoms with Crippen molar-refractivity contribution in [1.29, 1.82) is 0 Å². The molecule has 0 aromatic carbocycles. The molecule has 0 amide bonds. The molecule has 19 heteroatoms. The van der Waals surface area contributed by atoms with Crippen molar-refractivity contribution in [3.8, 4) is 73.5 Å². The van der Waals surface area contributed by atoms with Gasteiger partial charge in [0.15, 0.2) is 34.5 Å². The zero-order valence-corrected chi connectivity index (χ0v) is 35.6. The first-order chi connectivity index (χ1) is 28.6. The number of hydrogen-bond donors (Lipinski definition) is 0. The van der Waals surface area contributed by atoms with E-state index in [-0.39, 0.29) is 37.6 Å². The first-order valence-corrected chi connectivity index (χ1v) is 22.1. The quantitative estimate of drug-likeness (QED) is 0.0451. The second-order valence-corrected chi connectivity index (χ2v) is 18.0. The minimum atomic E-state index is -0.550. The van der Waals surface area contributed by atoms with Crippen LogP contribution < -0.4 is 28.4 Å². The highest BCUT2D eigenvalue weighted by atomic mass is 32.1. The Bertz CT molecular complexity index is 2310. The van der Waals surface area contributed by atoms with Gasteiger partial charge in [-0.05, 0) is 38.1 Å². The SMILES string of the molecule is C=C(C)C(=O)OCCOC(=O)c1ccc(-c2sc(-c3sc(-c4sc(-c5ccc(C(=O)OCCOC(=O)C(=C)C)s5)c5c4OCCO5)c4c3OCCO4)c3c2OCCO3)s1. The molecule has 5 aromatic heterocycles. The summed E-state index contributed by atoms with van der Waals surface area (Å²) in [6.07, 6.45) is 0. The Balaban J connectivity index is 1.08. The second-order valence-electron chi connectivity index (χ2n) is 12.8. The number of thiophene rings is 5. The number of esters is 4. The Kier molecular flexibility index (Phi) is 12.0. The molecule has 14 nitrogen and oxygen atoms in total. The summed E-state index contributed by atoms with van der Waals surface area (Å²) >= 11 is 6.88. The van der Waals surface area contributed by atoms with Gasteiger partial charge >= 0.3 is 23.9 Å². The standard InChI is InChI=1S/C40H34O14S5/c1-19(2)37(41)51-15-17-53-39(43)23-7-5-21(55-23)31-25-27(47-11-9-45-25)33(57-31)35-29-30(50-14-13-49-29)36(59-35)34-28-26(46-10-12-48-28)32(58-34)22-6-8-24(56-22)40(44)54-18-16-52-38(42)20(3)4/h5-8H,1,3,9-18H2,2,4H3. The van der Waals surface area contributed by atoms with Gasteiger partial charge in [0.1, 0.15) is 75.8 Å². The monoisotopic (exact) mass is 898 g/mol. The van der Waals surface area contributed by atoms with E-state index < -0.39 is 23.9 Å². The van der Waals surface area contributed by atoms with Gasteiger partial charge in [-0.1, -0.05) is 13.2 Å². The summed E-state index contributed by atoms with van der Waals surface area (Å²) < 4.78 is 58.2. The van der Waals surface area contributed by atoms with E-state index in [1.807, 2.05) is 12.1 Å². The zero-order chi connectivity index (χ0) is 41.2. The summed E-state index contributed by atoms with van der Waals surface area (Å²) in [5.41, 5.74) is 0.521. The molecule has 0 atom stereocenters. The van der Waals surface area contributed by atoms with Gasteiger partial charge in [-0.3, -0.25) is 0 Å². The summed E-state index contributed by atoms with van der Waals surface area (Å²) in [5.74, 6) is 1.22. The maximum atomic E-state index is 12.9. The van der Waals surface area contributed by atoms with E-state index in [1.54, 1.807) is 26.0 Å². The Morgan fingerprint density at radius 1 is 0.458 bits per heavy atom. The van der Waals surface area contributed by atoms with E-state index in [4.69, 9.17) is 47.4 Å². The zero-order valence-electron chi connectivity index (χ0n) is 31.6. The minimum absolute atomic E-state index is 0.0826. The Morgan fingerprint density at radius 2 is 0.746 bits per heavy atom. The van der Waals surface area contributed by atoms with E-state index in [0.29, 0.717) is 83.9 Å². The molecule has 0 radical (unpaired) electrons. The molecule has 3 aliphatic heterocycles. The van der Waals surface area contributed by atoms with Gasteiger partial charge in [0, 0.05) is 20.9 Å². The number of carbonyl (C=O) groups is 4. The highest BCUT2D eigenvalue weighted by Gasteiger charge is 2.37. The van der Waals surface area contributed by atoms with E-state index in [9.17, 15) is 19.2 Å². The van der Waals surface area contributed by atoms with Crippen LogP contribution >= 0.6 is 56.7 Å². The van der Waals surface area contributed by atoms with E-state index in [2.05, 4.69) is 13.2 Å². The molecule has 59 heavy (non-hydrogen) atoms. The van der Waals surface area contributed by atoms with E-state index >= 15 is 0 Å². The molecule has 3 aliphatic rings. The van der Waals surface area contributed by atoms with Gasteiger partial charge < -0.3 is 47.4 Å². The second kappa shape index (κ2) is 17.5. The maximum absolute atomic E-state index is 12.9. The average molecular weight is 899 g/mol. The fourth-order valence-corrected chi connectivity index (χ4v) is 11.7. The highest BCUT2D eigenvalue weighted by Crippen LogP contribution is 2.65. The molecule has 308 valence electrons. The summed E-state index contributed by atoms with van der Waals surface area (Å²) in [4.78, 5) is 56.1. The van der Waals surface area contributed by atoms with Crippen LogP contribution in [0.3, 0.4) is 0 Å². The van der Waals surface area contributed by atoms with Crippen LogP contribution in [-0.2, 0) is 28.5 Å². The van der Waals surface area contributed by atoms with Gasteiger partial charge in [-0.2, -0.15) is 0 Å². The molecule has 0 spiro atoms. The van der Waals surface area contributed by atoms with Crippen molar-refractivity contribution >= 4 is 80.6 Å². The topological polar surface area (TPSA) is 161 Å². The fourth-order valence-electron chi connectivity index (χ4n) is 5.84. The van der Waals surface area contributed by atoms with Gasteiger partial charge in [-0.25, -0.2) is 19.2 Å². The third kappa shape index (κ3) is 8.29. The maximum Gasteiger partial charge on any atom is 0.348 e. The molecule has 0 N–H and O–H groups in total. The van der Waals surface area contributed by atoms with Gasteiger partial charge in [0.25, 0.3) is 0 Å². The highest BCUT2D eigenvalue weighted by molar-refractivity contribution is 7.31. The van der Waals surface area contributed by atoms with E-state index in [1.165, 1.54) is 56.7 Å². The summed E-state index contributed by atoms with van der Waals surface area (Å²) in [5, 5.41) is 0. The van der Waals surface area contributed by atoms with E-state index in [0.717, 1.165) is 39.0 Å². The number of hydrogen-bond acceptors (Lipinski definition) is 19. The Morgan fingerprint density at radius 3 is 1.07 bits per heavy atom. The lowest BCUT2D eigenvalue weighted by Gasteiger charge is -2.19. The number of rotatable bonds is 14. The lowest BCUT2D eigenvalue weighted by molar-refractivity contribution is -0.140. The molecule has 0 aliphatic carbocycles. The third-order valence-corrected chi connectivity index (χ3v) is 14.7. The molecule has 0 unspecified atom stereocenters. The summed E-state index contributed by atoms with van der Waals surface area (Å²) in [7, 11) is 0. The van der Waals surface area contributed by atoms with Gasteiger partial charge in [0.2, 0.25) is 0 Å².